The van der Waals surface area contributed by atoms with Crippen LogP contribution in [0.2, 0.25) is 0 Å². The average molecular weight is 179 g/mol. The zero-order chi connectivity index (χ0) is 8.39. The number of thiazole rings is 1. The van der Waals surface area contributed by atoms with Crippen LogP contribution in [0.25, 0.3) is 0 Å². The summed E-state index contributed by atoms with van der Waals surface area (Å²) < 4.78 is 1.94. The van der Waals surface area contributed by atoms with Gasteiger partial charge in [0.25, 0.3) is 0 Å². The molecule has 0 atom stereocenters. The monoisotopic (exact) mass is 179 g/mol. The minimum Gasteiger partial charge on any atom is -0.263 e. The summed E-state index contributed by atoms with van der Waals surface area (Å²) in [4.78, 5) is 4.19. The summed E-state index contributed by atoms with van der Waals surface area (Å²) in [6.07, 6.45) is 3.63. The summed E-state index contributed by atoms with van der Waals surface area (Å²) in [5.41, 5.74) is 1.17. The van der Waals surface area contributed by atoms with Gasteiger partial charge in [0.2, 0.25) is 0 Å². The van der Waals surface area contributed by atoms with Crippen molar-refractivity contribution < 1.29 is 0 Å². The smallest absolute Gasteiger partial charge is 0.114 e. The van der Waals surface area contributed by atoms with Gasteiger partial charge < -0.3 is 0 Å². The summed E-state index contributed by atoms with van der Waals surface area (Å²) in [5.74, 6) is 0. The van der Waals surface area contributed by atoms with E-state index in [4.69, 9.17) is 0 Å². The van der Waals surface area contributed by atoms with Gasteiger partial charge in [-0.05, 0) is 13.0 Å². The number of nitrogens with zero attached hydrogens (tertiary/aromatic N) is 3. The third-order valence-corrected chi connectivity index (χ3v) is 2.46. The van der Waals surface area contributed by atoms with E-state index < -0.39 is 0 Å². The second kappa shape index (κ2) is 3.06. The van der Waals surface area contributed by atoms with E-state index in [9.17, 15) is 0 Å². The second-order valence-corrected chi connectivity index (χ2v) is 3.54. The Balaban J connectivity index is 2.20. The van der Waals surface area contributed by atoms with E-state index in [0.717, 1.165) is 11.6 Å². The van der Waals surface area contributed by atoms with Crippen LogP contribution in [0.4, 0.5) is 0 Å². The first-order valence-corrected chi connectivity index (χ1v) is 4.61. The predicted molar refractivity (Wildman–Crippen MR) is 48.2 cm³/mol. The molecular formula is C8H9N3S. The van der Waals surface area contributed by atoms with Gasteiger partial charge in [0.15, 0.2) is 0 Å². The Morgan fingerprint density at radius 2 is 2.42 bits per heavy atom. The van der Waals surface area contributed by atoms with Gasteiger partial charge in [-0.15, -0.1) is 11.3 Å². The first kappa shape index (κ1) is 7.49. The minimum atomic E-state index is 0.788. The lowest BCUT2D eigenvalue weighted by atomic mass is 10.5. The molecule has 4 heteroatoms. The van der Waals surface area contributed by atoms with Crippen molar-refractivity contribution in [3.05, 3.63) is 34.5 Å². The normalized spacial score (nSPS) is 10.4. The van der Waals surface area contributed by atoms with Crippen molar-refractivity contribution in [1.82, 2.24) is 14.8 Å². The van der Waals surface area contributed by atoms with Crippen LogP contribution in [0.3, 0.4) is 0 Å². The zero-order valence-corrected chi connectivity index (χ0v) is 7.58. The van der Waals surface area contributed by atoms with Crippen LogP contribution in [0, 0.1) is 6.92 Å². The molecule has 0 bridgehead atoms. The number of hydrogen-bond acceptors (Lipinski definition) is 3. The second-order valence-electron chi connectivity index (χ2n) is 2.56. The van der Waals surface area contributed by atoms with Crippen molar-refractivity contribution in [3.63, 3.8) is 0 Å². The molecule has 0 amide bonds. The molecule has 0 aliphatic heterocycles. The number of hydrogen-bond donors (Lipinski definition) is 0. The highest BCUT2D eigenvalue weighted by Gasteiger charge is 1.99. The van der Waals surface area contributed by atoms with Gasteiger partial charge >= 0.3 is 0 Å². The Kier molecular flexibility index (Phi) is 1.91. The van der Waals surface area contributed by atoms with Gasteiger partial charge in [0.05, 0.1) is 6.54 Å². The SMILES string of the molecule is Cc1ccnn1Cc1nccs1. The molecule has 0 aliphatic carbocycles. The maximum atomic E-state index is 4.19. The molecule has 0 radical (unpaired) electrons. The van der Waals surface area contributed by atoms with E-state index in [2.05, 4.69) is 10.1 Å². The molecule has 3 nitrogen and oxygen atoms in total. The molecule has 12 heavy (non-hydrogen) atoms. The van der Waals surface area contributed by atoms with Gasteiger partial charge in [-0.2, -0.15) is 5.10 Å². The fourth-order valence-electron chi connectivity index (χ4n) is 1.02. The molecule has 2 aromatic rings. The maximum absolute atomic E-state index is 4.19. The first-order valence-electron chi connectivity index (χ1n) is 3.73. The molecule has 2 aromatic heterocycles. The molecular weight excluding hydrogens is 170 g/mol. The molecule has 0 saturated carbocycles. The highest BCUT2D eigenvalue weighted by atomic mass is 32.1. The quantitative estimate of drug-likeness (QED) is 0.702. The highest BCUT2D eigenvalue weighted by molar-refractivity contribution is 7.09. The van der Waals surface area contributed by atoms with Crippen LogP contribution < -0.4 is 0 Å². The van der Waals surface area contributed by atoms with E-state index in [0.29, 0.717) is 0 Å². The van der Waals surface area contributed by atoms with Crippen molar-refractivity contribution in [3.8, 4) is 0 Å². The van der Waals surface area contributed by atoms with Crippen LogP contribution in [0.5, 0.6) is 0 Å². The van der Waals surface area contributed by atoms with Crippen molar-refractivity contribution in [2.24, 2.45) is 0 Å². The highest BCUT2D eigenvalue weighted by Crippen LogP contribution is 2.07. The van der Waals surface area contributed by atoms with E-state index in [1.807, 2.05) is 35.4 Å². The lowest BCUT2D eigenvalue weighted by molar-refractivity contribution is 0.662. The van der Waals surface area contributed by atoms with Gasteiger partial charge in [-0.25, -0.2) is 4.98 Å². The van der Waals surface area contributed by atoms with Crippen molar-refractivity contribution in [2.45, 2.75) is 13.5 Å². The molecule has 2 heterocycles. The molecule has 0 spiro atoms. The molecule has 2 rings (SSSR count). The number of aryl methyl sites for hydroxylation is 1. The standard InChI is InChI=1S/C8H9N3S/c1-7-2-3-10-11(7)6-8-9-4-5-12-8/h2-5H,6H2,1H3. The summed E-state index contributed by atoms with van der Waals surface area (Å²) >= 11 is 1.66. The predicted octanol–water partition coefficient (Wildman–Crippen LogP) is 1.70. The molecule has 0 aliphatic rings. The third kappa shape index (κ3) is 1.38. The van der Waals surface area contributed by atoms with Crippen LogP contribution in [-0.4, -0.2) is 14.8 Å². The van der Waals surface area contributed by atoms with Crippen LogP contribution in [0.1, 0.15) is 10.7 Å². The first-order chi connectivity index (χ1) is 5.86. The molecule has 0 saturated heterocycles. The summed E-state index contributed by atoms with van der Waals surface area (Å²) in [5, 5.41) is 7.25. The van der Waals surface area contributed by atoms with E-state index >= 15 is 0 Å². The fraction of sp³-hybridized carbons (Fsp3) is 0.250. The lowest BCUT2D eigenvalue weighted by Gasteiger charge is -1.99. The molecule has 0 unspecified atom stereocenters. The van der Waals surface area contributed by atoms with Crippen LogP contribution in [-0.2, 0) is 6.54 Å². The Morgan fingerprint density at radius 1 is 1.50 bits per heavy atom. The zero-order valence-electron chi connectivity index (χ0n) is 6.77. The Morgan fingerprint density at radius 3 is 3.00 bits per heavy atom. The topological polar surface area (TPSA) is 30.7 Å². The van der Waals surface area contributed by atoms with Crippen molar-refractivity contribution in [2.75, 3.05) is 0 Å². The minimum absolute atomic E-state index is 0.788. The van der Waals surface area contributed by atoms with Crippen LogP contribution >= 0.6 is 11.3 Å². The lowest BCUT2D eigenvalue weighted by Crippen LogP contribution is -2.02. The van der Waals surface area contributed by atoms with E-state index in [-0.39, 0.29) is 0 Å². The molecule has 0 aromatic carbocycles. The summed E-state index contributed by atoms with van der Waals surface area (Å²) in [7, 11) is 0. The molecule has 0 N–H and O–H groups in total. The Bertz CT molecular complexity index is 350. The number of aromatic nitrogens is 3. The van der Waals surface area contributed by atoms with Crippen LogP contribution in [0.15, 0.2) is 23.8 Å². The van der Waals surface area contributed by atoms with E-state index in [1.165, 1.54) is 5.69 Å². The molecule has 0 fully saturated rings. The van der Waals surface area contributed by atoms with Gasteiger partial charge in [-0.1, -0.05) is 0 Å². The largest absolute Gasteiger partial charge is 0.263 e. The van der Waals surface area contributed by atoms with Crippen molar-refractivity contribution >= 4 is 11.3 Å². The third-order valence-electron chi connectivity index (χ3n) is 1.70. The Labute approximate surface area is 74.7 Å². The van der Waals surface area contributed by atoms with E-state index in [1.54, 1.807) is 11.3 Å². The van der Waals surface area contributed by atoms with Crippen molar-refractivity contribution in [1.29, 1.82) is 0 Å². The van der Waals surface area contributed by atoms with Gasteiger partial charge in [0, 0.05) is 23.5 Å². The Hall–Kier alpha value is -1.16. The summed E-state index contributed by atoms with van der Waals surface area (Å²) in [6.45, 7) is 2.83. The van der Waals surface area contributed by atoms with Gasteiger partial charge in [-0.3, -0.25) is 4.68 Å². The maximum Gasteiger partial charge on any atom is 0.114 e. The number of rotatable bonds is 2. The van der Waals surface area contributed by atoms with Gasteiger partial charge in [0.1, 0.15) is 5.01 Å². The molecule has 62 valence electrons. The average Bonchev–Trinajstić information content (AvgIpc) is 2.65. The fourth-order valence-corrected chi connectivity index (χ4v) is 1.62. The summed E-state index contributed by atoms with van der Waals surface area (Å²) in [6, 6.07) is 1.99.